The van der Waals surface area contributed by atoms with Crippen molar-refractivity contribution in [3.63, 3.8) is 0 Å². The fraction of sp³-hybridized carbons (Fsp3) is 0.361. The number of carbonyl (C=O) groups excluding carboxylic acids is 2. The van der Waals surface area contributed by atoms with Crippen molar-refractivity contribution in [3.8, 4) is 0 Å². The van der Waals surface area contributed by atoms with Crippen molar-refractivity contribution in [2.24, 2.45) is 0 Å². The SMILES string of the molecule is O=C(NCCOCCOCCI)c1ccc(Nc2nc(NCCOCCOCCNC(=O)c3ccccc3)nc(NCc3ccc(F)cc3)n2)cc1. The first-order valence-electron chi connectivity index (χ1n) is 16.8. The number of alkyl halides is 1. The van der Waals surface area contributed by atoms with Crippen LogP contribution in [-0.2, 0) is 25.5 Å². The molecule has 52 heavy (non-hydrogen) atoms. The molecule has 14 nitrogen and oxygen atoms in total. The lowest BCUT2D eigenvalue weighted by atomic mass is 10.2. The van der Waals surface area contributed by atoms with Gasteiger partial charge in [0.1, 0.15) is 5.82 Å². The van der Waals surface area contributed by atoms with Gasteiger partial charge in [0.2, 0.25) is 17.8 Å². The van der Waals surface area contributed by atoms with Gasteiger partial charge in [0.25, 0.3) is 11.8 Å². The van der Waals surface area contributed by atoms with E-state index in [0.29, 0.717) is 108 Å². The zero-order valence-electron chi connectivity index (χ0n) is 28.7. The first-order valence-corrected chi connectivity index (χ1v) is 18.4. The minimum atomic E-state index is -0.316. The summed E-state index contributed by atoms with van der Waals surface area (Å²) in [6.45, 7) is 5.14. The number of aromatic nitrogens is 3. The van der Waals surface area contributed by atoms with Gasteiger partial charge in [-0.3, -0.25) is 9.59 Å². The Labute approximate surface area is 316 Å². The molecule has 0 atom stereocenters. The first kappa shape index (κ1) is 40.3. The van der Waals surface area contributed by atoms with Crippen molar-refractivity contribution in [2.75, 3.05) is 92.9 Å². The number of rotatable bonds is 25. The zero-order chi connectivity index (χ0) is 36.6. The van der Waals surface area contributed by atoms with Crippen LogP contribution in [0.4, 0.5) is 27.9 Å². The van der Waals surface area contributed by atoms with Gasteiger partial charge in [-0.05, 0) is 54.1 Å². The van der Waals surface area contributed by atoms with E-state index in [1.54, 1.807) is 48.5 Å². The quantitative estimate of drug-likeness (QED) is 0.0363. The van der Waals surface area contributed by atoms with E-state index in [9.17, 15) is 14.0 Å². The Hall–Kier alpha value is -4.49. The lowest BCUT2D eigenvalue weighted by molar-refractivity contribution is 0.0519. The Balaban J connectivity index is 1.21. The van der Waals surface area contributed by atoms with Crippen molar-refractivity contribution < 1.29 is 32.9 Å². The lowest BCUT2D eigenvalue weighted by Crippen LogP contribution is -2.27. The van der Waals surface area contributed by atoms with Crippen molar-refractivity contribution >= 4 is 57.9 Å². The molecule has 16 heteroatoms. The van der Waals surface area contributed by atoms with Gasteiger partial charge in [-0.2, -0.15) is 15.0 Å². The van der Waals surface area contributed by atoms with Crippen LogP contribution in [0.1, 0.15) is 26.3 Å². The number of nitrogens with one attached hydrogen (secondary N) is 5. The number of halogens is 2. The van der Waals surface area contributed by atoms with Crippen LogP contribution >= 0.6 is 22.6 Å². The highest BCUT2D eigenvalue weighted by atomic mass is 127. The molecule has 278 valence electrons. The molecular weight excluding hydrogens is 786 g/mol. The molecule has 2 amide bonds. The molecule has 0 radical (unpaired) electrons. The summed E-state index contributed by atoms with van der Waals surface area (Å²) in [7, 11) is 0. The van der Waals surface area contributed by atoms with Gasteiger partial charge in [-0.15, -0.1) is 0 Å². The van der Waals surface area contributed by atoms with Crippen LogP contribution in [0.2, 0.25) is 0 Å². The highest BCUT2D eigenvalue weighted by molar-refractivity contribution is 14.1. The maximum atomic E-state index is 13.4. The third-order valence-corrected chi connectivity index (χ3v) is 7.44. The molecule has 0 aliphatic heterocycles. The van der Waals surface area contributed by atoms with Crippen LogP contribution < -0.4 is 26.6 Å². The fourth-order valence-corrected chi connectivity index (χ4v) is 4.72. The normalized spacial score (nSPS) is 10.8. The smallest absolute Gasteiger partial charge is 0.251 e. The number of amides is 2. The minimum absolute atomic E-state index is 0.142. The van der Waals surface area contributed by atoms with Gasteiger partial charge >= 0.3 is 0 Å². The van der Waals surface area contributed by atoms with Gasteiger partial charge in [-0.1, -0.05) is 52.9 Å². The largest absolute Gasteiger partial charge is 0.378 e. The van der Waals surface area contributed by atoms with E-state index in [1.807, 2.05) is 18.2 Å². The number of nitrogens with zero attached hydrogens (tertiary/aromatic N) is 3. The molecule has 1 aromatic heterocycles. The van der Waals surface area contributed by atoms with Gasteiger partial charge in [0.15, 0.2) is 0 Å². The maximum absolute atomic E-state index is 13.4. The molecule has 4 aromatic rings. The van der Waals surface area contributed by atoms with Crippen LogP contribution in [0.25, 0.3) is 0 Å². The molecule has 3 aromatic carbocycles. The summed E-state index contributed by atoms with van der Waals surface area (Å²) < 4.78 is 36.3. The molecule has 0 bridgehead atoms. The topological polar surface area (TPSA) is 170 Å². The molecule has 5 N–H and O–H groups in total. The number of anilines is 4. The fourth-order valence-electron chi connectivity index (χ4n) is 4.41. The lowest BCUT2D eigenvalue weighted by Gasteiger charge is -2.12. The summed E-state index contributed by atoms with van der Waals surface area (Å²) in [5.74, 6) is 0.206. The van der Waals surface area contributed by atoms with E-state index >= 15 is 0 Å². The van der Waals surface area contributed by atoms with Crippen molar-refractivity contribution in [2.45, 2.75) is 6.54 Å². The Kier molecular flexibility index (Phi) is 18.5. The maximum Gasteiger partial charge on any atom is 0.251 e. The minimum Gasteiger partial charge on any atom is -0.378 e. The summed E-state index contributed by atoms with van der Waals surface area (Å²) in [6.07, 6.45) is 0. The zero-order valence-corrected chi connectivity index (χ0v) is 30.9. The second-order valence-corrected chi connectivity index (χ2v) is 12.0. The van der Waals surface area contributed by atoms with Crippen LogP contribution in [-0.4, -0.2) is 104 Å². The molecule has 0 aliphatic carbocycles. The van der Waals surface area contributed by atoms with Gasteiger partial charge in [0, 0.05) is 47.4 Å². The summed E-state index contributed by atoms with van der Waals surface area (Å²) in [5, 5.41) is 15.1. The van der Waals surface area contributed by atoms with E-state index in [2.05, 4.69) is 64.1 Å². The second-order valence-electron chi connectivity index (χ2n) is 10.9. The number of ether oxygens (including phenoxy) is 4. The van der Waals surface area contributed by atoms with Crippen LogP contribution in [0, 0.1) is 5.82 Å². The average molecular weight is 831 g/mol. The Morgan fingerprint density at radius 2 is 1.10 bits per heavy atom. The summed E-state index contributed by atoms with van der Waals surface area (Å²) in [5.41, 5.74) is 2.61. The Morgan fingerprint density at radius 1 is 0.577 bits per heavy atom. The van der Waals surface area contributed by atoms with Crippen LogP contribution in [0.5, 0.6) is 0 Å². The van der Waals surface area contributed by atoms with Crippen LogP contribution in [0.3, 0.4) is 0 Å². The molecule has 0 aliphatic rings. The predicted octanol–water partition coefficient (Wildman–Crippen LogP) is 4.44. The van der Waals surface area contributed by atoms with Crippen molar-refractivity contribution in [1.82, 2.24) is 25.6 Å². The van der Waals surface area contributed by atoms with E-state index in [-0.39, 0.29) is 23.6 Å². The van der Waals surface area contributed by atoms with E-state index in [4.69, 9.17) is 18.9 Å². The Bertz CT molecular complexity index is 1620. The van der Waals surface area contributed by atoms with Crippen LogP contribution in [0.15, 0.2) is 78.9 Å². The van der Waals surface area contributed by atoms with Crippen molar-refractivity contribution in [1.29, 1.82) is 0 Å². The summed E-state index contributed by atoms with van der Waals surface area (Å²) >= 11 is 2.25. The predicted molar refractivity (Wildman–Crippen MR) is 205 cm³/mol. The standard InChI is InChI=1S/C36H44FIN8O6/c37-30-10-6-27(7-11-30)26-42-35-44-34(41-17-21-52-25-24-51-19-15-39-32(47)28-4-2-1-3-5-28)45-36(46-35)43-31-12-8-29(9-13-31)33(48)40-16-20-50-23-22-49-18-14-38/h1-13H,14-26H2,(H,39,47)(H,40,48)(H3,41,42,43,44,45,46). The highest BCUT2D eigenvalue weighted by Gasteiger charge is 2.10. The average Bonchev–Trinajstić information content (AvgIpc) is 3.17. The molecule has 0 saturated heterocycles. The highest BCUT2D eigenvalue weighted by Crippen LogP contribution is 2.17. The number of hydrogen-bond acceptors (Lipinski definition) is 12. The Morgan fingerprint density at radius 3 is 1.69 bits per heavy atom. The first-order chi connectivity index (χ1) is 25.5. The van der Waals surface area contributed by atoms with Crippen molar-refractivity contribution in [3.05, 3.63) is 101 Å². The molecule has 0 fully saturated rings. The molecule has 0 spiro atoms. The second kappa shape index (κ2) is 23.9. The molecular formula is C36H44FIN8O6. The summed E-state index contributed by atoms with van der Waals surface area (Å²) in [6, 6.07) is 22.1. The third-order valence-electron chi connectivity index (χ3n) is 7.00. The van der Waals surface area contributed by atoms with Gasteiger partial charge in [-0.25, -0.2) is 4.39 Å². The number of hydrogen-bond donors (Lipinski definition) is 5. The molecule has 4 rings (SSSR count). The number of carbonyl (C=O) groups is 2. The molecule has 0 saturated carbocycles. The third kappa shape index (κ3) is 15.8. The number of benzene rings is 3. The molecule has 1 heterocycles. The monoisotopic (exact) mass is 830 g/mol. The summed E-state index contributed by atoms with van der Waals surface area (Å²) in [4.78, 5) is 38.1. The molecule has 0 unspecified atom stereocenters. The van der Waals surface area contributed by atoms with E-state index < -0.39 is 0 Å². The van der Waals surface area contributed by atoms with Gasteiger partial charge < -0.3 is 45.5 Å². The van der Waals surface area contributed by atoms with E-state index in [0.717, 1.165) is 9.99 Å². The van der Waals surface area contributed by atoms with Gasteiger partial charge in [0.05, 0.1) is 52.9 Å². The van der Waals surface area contributed by atoms with E-state index in [1.165, 1.54) is 12.1 Å².